The lowest BCUT2D eigenvalue weighted by Gasteiger charge is -2.38. The van der Waals surface area contributed by atoms with Gasteiger partial charge in [0.15, 0.2) is 6.10 Å². The molecule has 3 heterocycles. The van der Waals surface area contributed by atoms with Crippen molar-refractivity contribution < 1.29 is 28.2 Å². The van der Waals surface area contributed by atoms with E-state index in [-0.39, 0.29) is 30.2 Å². The van der Waals surface area contributed by atoms with Crippen molar-refractivity contribution in [3.8, 4) is 29.0 Å². The van der Waals surface area contributed by atoms with Crippen molar-refractivity contribution in [2.45, 2.75) is 31.5 Å². The lowest BCUT2D eigenvalue weighted by Crippen LogP contribution is -2.56. The maximum atomic E-state index is 14.8. The standard InChI is InChI=1S/C25H24F2N6O4/c1-15(34)23(35)33-11-9-20(25(26,27)14-33)37-19-7-6-16(12-17(19)13-28)18-8-10-29-24(30-18)32-21-4-3-5-22(31-21)36-2/h3-8,10,12,15,20,34H,9,11,14H2,1-2H3,(H,29,30,31,32)/t15-,20-/m0/s1. The van der Waals surface area contributed by atoms with Gasteiger partial charge in [-0.15, -0.1) is 0 Å². The quantitative estimate of drug-likeness (QED) is 0.492. The number of hydrogen-bond acceptors (Lipinski definition) is 9. The van der Waals surface area contributed by atoms with Crippen LogP contribution in [0.2, 0.25) is 0 Å². The van der Waals surface area contributed by atoms with Gasteiger partial charge in [-0.25, -0.2) is 18.7 Å². The number of benzene rings is 1. The highest BCUT2D eigenvalue weighted by atomic mass is 19.3. The number of nitrogens with zero attached hydrogens (tertiary/aromatic N) is 5. The third-order valence-electron chi connectivity index (χ3n) is 5.70. The molecule has 1 aliphatic heterocycles. The van der Waals surface area contributed by atoms with E-state index in [9.17, 15) is 23.9 Å². The molecule has 37 heavy (non-hydrogen) atoms. The first-order chi connectivity index (χ1) is 17.7. The number of hydrogen-bond donors (Lipinski definition) is 2. The summed E-state index contributed by atoms with van der Waals surface area (Å²) >= 11 is 0. The molecule has 1 aromatic carbocycles. The van der Waals surface area contributed by atoms with Gasteiger partial charge in [-0.05, 0) is 37.3 Å². The fourth-order valence-corrected chi connectivity index (χ4v) is 3.84. The number of anilines is 2. The SMILES string of the molecule is COc1cccc(Nc2nccc(-c3ccc(O[C@H]4CCN(C(=O)[C@H](C)O)CC4(F)F)c(C#N)c3)n2)n1. The van der Waals surface area contributed by atoms with Crippen LogP contribution in [-0.2, 0) is 4.79 Å². The summed E-state index contributed by atoms with van der Waals surface area (Å²) in [5.41, 5.74) is 1.09. The number of alkyl halides is 2. The van der Waals surface area contributed by atoms with E-state index in [2.05, 4.69) is 20.3 Å². The van der Waals surface area contributed by atoms with Gasteiger partial charge in [0.1, 0.15) is 23.7 Å². The van der Waals surface area contributed by atoms with Crippen LogP contribution in [0.5, 0.6) is 11.6 Å². The first kappa shape index (κ1) is 25.7. The molecule has 1 aliphatic rings. The Kier molecular flexibility index (Phi) is 7.45. The molecule has 0 radical (unpaired) electrons. The zero-order valence-electron chi connectivity index (χ0n) is 20.1. The lowest BCUT2D eigenvalue weighted by atomic mass is 10.0. The number of aliphatic hydroxyl groups excluding tert-OH is 1. The third-order valence-corrected chi connectivity index (χ3v) is 5.70. The van der Waals surface area contributed by atoms with E-state index in [1.807, 2.05) is 6.07 Å². The molecule has 10 nitrogen and oxygen atoms in total. The Labute approximate surface area is 211 Å². The van der Waals surface area contributed by atoms with Crippen molar-refractivity contribution in [2.75, 3.05) is 25.5 Å². The van der Waals surface area contributed by atoms with E-state index in [1.165, 1.54) is 32.4 Å². The summed E-state index contributed by atoms with van der Waals surface area (Å²) in [5.74, 6) is -2.98. The zero-order valence-corrected chi connectivity index (χ0v) is 20.1. The molecular formula is C25H24F2N6O4. The maximum Gasteiger partial charge on any atom is 0.301 e. The van der Waals surface area contributed by atoms with Gasteiger partial charge in [0, 0.05) is 30.8 Å². The topological polar surface area (TPSA) is 133 Å². The number of pyridine rings is 1. The number of carbonyl (C=O) groups excluding carboxylic acids is 1. The van der Waals surface area contributed by atoms with Gasteiger partial charge in [0.25, 0.3) is 5.91 Å². The number of likely N-dealkylation sites (tertiary alicyclic amines) is 1. The Morgan fingerprint density at radius 3 is 2.81 bits per heavy atom. The van der Waals surface area contributed by atoms with Crippen LogP contribution < -0.4 is 14.8 Å². The summed E-state index contributed by atoms with van der Waals surface area (Å²) in [7, 11) is 1.51. The molecule has 4 rings (SSSR count). The molecule has 0 saturated carbocycles. The van der Waals surface area contributed by atoms with E-state index >= 15 is 0 Å². The van der Waals surface area contributed by atoms with E-state index in [1.54, 1.807) is 30.3 Å². The van der Waals surface area contributed by atoms with Crippen molar-refractivity contribution in [1.82, 2.24) is 19.9 Å². The van der Waals surface area contributed by atoms with Crippen LogP contribution in [0, 0.1) is 11.3 Å². The Bertz CT molecular complexity index is 1330. The molecule has 0 unspecified atom stereocenters. The summed E-state index contributed by atoms with van der Waals surface area (Å²) in [5, 5.41) is 22.1. The van der Waals surface area contributed by atoms with E-state index in [0.717, 1.165) is 4.90 Å². The summed E-state index contributed by atoms with van der Waals surface area (Å²) in [6.07, 6.45) is -1.52. The van der Waals surface area contributed by atoms with E-state index in [0.29, 0.717) is 23.0 Å². The molecule has 1 fully saturated rings. The number of aromatic nitrogens is 3. The van der Waals surface area contributed by atoms with Crippen molar-refractivity contribution in [2.24, 2.45) is 0 Å². The zero-order chi connectivity index (χ0) is 26.6. The Balaban J connectivity index is 1.51. The van der Waals surface area contributed by atoms with Crippen molar-refractivity contribution in [1.29, 1.82) is 5.26 Å². The minimum absolute atomic E-state index is 0.000729. The largest absolute Gasteiger partial charge is 0.483 e. The fourth-order valence-electron chi connectivity index (χ4n) is 3.84. The maximum absolute atomic E-state index is 14.8. The van der Waals surface area contributed by atoms with Gasteiger partial charge in [-0.3, -0.25) is 4.79 Å². The second-order valence-electron chi connectivity index (χ2n) is 8.37. The minimum atomic E-state index is -3.37. The van der Waals surface area contributed by atoms with Gasteiger partial charge in [-0.2, -0.15) is 10.2 Å². The number of nitrogens with one attached hydrogen (secondary N) is 1. The van der Waals surface area contributed by atoms with Gasteiger partial charge in [0.05, 0.1) is 24.9 Å². The normalized spacial score (nSPS) is 17.4. The molecule has 2 aromatic heterocycles. The first-order valence-electron chi connectivity index (χ1n) is 11.4. The Morgan fingerprint density at radius 1 is 1.30 bits per heavy atom. The minimum Gasteiger partial charge on any atom is -0.483 e. The second-order valence-corrected chi connectivity index (χ2v) is 8.37. The summed E-state index contributed by atoms with van der Waals surface area (Å²) in [6, 6.07) is 13.3. The fraction of sp³-hybridized carbons (Fsp3) is 0.320. The van der Waals surface area contributed by atoms with Crippen LogP contribution in [0.3, 0.4) is 0 Å². The highest BCUT2D eigenvalue weighted by Gasteiger charge is 2.48. The van der Waals surface area contributed by atoms with Crippen molar-refractivity contribution in [3.05, 3.63) is 54.2 Å². The van der Waals surface area contributed by atoms with Gasteiger partial charge >= 0.3 is 5.92 Å². The van der Waals surface area contributed by atoms with Gasteiger partial charge < -0.3 is 24.8 Å². The molecule has 3 aromatic rings. The molecule has 192 valence electrons. The average molecular weight is 511 g/mol. The van der Waals surface area contributed by atoms with E-state index < -0.39 is 30.6 Å². The number of rotatable bonds is 7. The number of aliphatic hydroxyl groups is 1. The molecule has 0 spiro atoms. The monoisotopic (exact) mass is 510 g/mol. The number of amides is 1. The number of carbonyl (C=O) groups is 1. The molecule has 0 aliphatic carbocycles. The molecule has 2 atom stereocenters. The van der Waals surface area contributed by atoms with Crippen LogP contribution in [-0.4, -0.2) is 69.2 Å². The number of nitriles is 1. The average Bonchev–Trinajstić information content (AvgIpc) is 2.89. The smallest absolute Gasteiger partial charge is 0.301 e. The summed E-state index contributed by atoms with van der Waals surface area (Å²) in [6.45, 7) is 0.360. The predicted octanol–water partition coefficient (Wildman–Crippen LogP) is 3.16. The predicted molar refractivity (Wildman–Crippen MR) is 128 cm³/mol. The number of methoxy groups -OCH3 is 1. The third kappa shape index (κ3) is 5.90. The Morgan fingerprint density at radius 2 is 2.11 bits per heavy atom. The highest BCUT2D eigenvalue weighted by molar-refractivity contribution is 5.80. The summed E-state index contributed by atoms with van der Waals surface area (Å²) in [4.78, 5) is 25.7. The number of ether oxygens (including phenoxy) is 2. The van der Waals surface area contributed by atoms with Crippen LogP contribution in [0.1, 0.15) is 18.9 Å². The van der Waals surface area contributed by atoms with Crippen LogP contribution in [0.4, 0.5) is 20.5 Å². The van der Waals surface area contributed by atoms with Crippen LogP contribution >= 0.6 is 0 Å². The molecule has 2 N–H and O–H groups in total. The molecule has 12 heteroatoms. The molecule has 1 amide bonds. The van der Waals surface area contributed by atoms with E-state index in [4.69, 9.17) is 9.47 Å². The molecular weight excluding hydrogens is 486 g/mol. The van der Waals surface area contributed by atoms with Crippen LogP contribution in [0.15, 0.2) is 48.7 Å². The Hall–Kier alpha value is -4.37. The van der Waals surface area contributed by atoms with Crippen LogP contribution in [0.25, 0.3) is 11.3 Å². The summed E-state index contributed by atoms with van der Waals surface area (Å²) < 4.78 is 40.2. The molecule has 0 bridgehead atoms. The lowest BCUT2D eigenvalue weighted by molar-refractivity contribution is -0.165. The highest BCUT2D eigenvalue weighted by Crippen LogP contribution is 2.34. The van der Waals surface area contributed by atoms with Gasteiger partial charge in [-0.1, -0.05) is 6.07 Å². The number of halogens is 2. The van der Waals surface area contributed by atoms with Crippen molar-refractivity contribution in [3.63, 3.8) is 0 Å². The van der Waals surface area contributed by atoms with Crippen molar-refractivity contribution >= 4 is 17.7 Å². The first-order valence-corrected chi connectivity index (χ1v) is 11.4. The van der Waals surface area contributed by atoms with Gasteiger partial charge in [0.2, 0.25) is 11.8 Å². The second kappa shape index (κ2) is 10.7. The number of piperidine rings is 1. The molecule has 1 saturated heterocycles.